The van der Waals surface area contributed by atoms with E-state index in [0.717, 1.165) is 42.8 Å². The van der Waals surface area contributed by atoms with Gasteiger partial charge in [-0.3, -0.25) is 0 Å². The van der Waals surface area contributed by atoms with Crippen LogP contribution >= 0.6 is 23.5 Å². The molecule has 0 bridgehead atoms. The molecule has 1 fully saturated rings. The number of aliphatic hydroxyl groups excluding tert-OH is 1. The van der Waals surface area contributed by atoms with E-state index in [2.05, 4.69) is 55.1 Å². The highest BCUT2D eigenvalue weighted by molar-refractivity contribution is 8.18. The Kier molecular flexibility index (Phi) is 17.8. The van der Waals surface area contributed by atoms with Gasteiger partial charge in [0.05, 0.1) is 29.5 Å². The maximum Gasteiger partial charge on any atom is 0.146 e. The maximum absolute atomic E-state index is 12.0. The number of thioether (sulfide) groups is 2. The summed E-state index contributed by atoms with van der Waals surface area (Å²) in [5.41, 5.74) is 11.1. The number of rotatable bonds is 22. The van der Waals surface area contributed by atoms with Crippen molar-refractivity contribution in [2.75, 3.05) is 38.6 Å². The summed E-state index contributed by atoms with van der Waals surface area (Å²) < 4.78 is 24.1. The number of hydrogen-bond donors (Lipinski definition) is 1. The first-order valence-corrected chi connectivity index (χ1v) is 18.2. The second-order valence-electron chi connectivity index (χ2n) is 12.3. The zero-order valence-corrected chi connectivity index (χ0v) is 29.1. The smallest absolute Gasteiger partial charge is 0.146 e. The number of benzene rings is 2. The molecule has 250 valence electrons. The molecule has 0 aliphatic carbocycles. The van der Waals surface area contributed by atoms with Gasteiger partial charge >= 0.3 is 0 Å². The minimum atomic E-state index is -0.754. The topological polar surface area (TPSA) is 106 Å². The van der Waals surface area contributed by atoms with Crippen molar-refractivity contribution >= 4 is 23.5 Å². The average molecular weight is 660 g/mol. The van der Waals surface area contributed by atoms with Gasteiger partial charge in [-0.1, -0.05) is 86.5 Å². The Morgan fingerprint density at radius 1 is 0.911 bits per heavy atom. The number of aliphatic hydroxyl groups is 1. The van der Waals surface area contributed by atoms with Gasteiger partial charge in [-0.05, 0) is 71.6 Å². The van der Waals surface area contributed by atoms with E-state index in [1.165, 1.54) is 5.56 Å². The predicted octanol–water partition coefficient (Wildman–Crippen LogP) is 8.48. The van der Waals surface area contributed by atoms with Crippen molar-refractivity contribution < 1.29 is 24.1 Å². The van der Waals surface area contributed by atoms with E-state index in [9.17, 15) is 5.11 Å². The van der Waals surface area contributed by atoms with Gasteiger partial charge in [-0.15, -0.1) is 23.5 Å². The summed E-state index contributed by atoms with van der Waals surface area (Å²) in [4.78, 5) is 2.96. The summed E-state index contributed by atoms with van der Waals surface area (Å²) in [5, 5.41) is 15.8. The van der Waals surface area contributed by atoms with Crippen molar-refractivity contribution in [1.82, 2.24) is 0 Å². The second-order valence-corrected chi connectivity index (χ2v) is 15.4. The third-order valence-electron chi connectivity index (χ3n) is 8.37. The molecule has 2 aromatic carbocycles. The Balaban J connectivity index is 1.74. The minimum absolute atomic E-state index is 0.0769. The van der Waals surface area contributed by atoms with Crippen LogP contribution in [-0.2, 0) is 32.2 Å². The lowest BCUT2D eigenvalue weighted by molar-refractivity contribution is -0.173. The van der Waals surface area contributed by atoms with Gasteiger partial charge in [0.1, 0.15) is 12.9 Å². The molecular weight excluding hydrogens is 607 g/mol. The number of methoxy groups -OCH3 is 1. The molecule has 1 saturated heterocycles. The zero-order valence-electron chi connectivity index (χ0n) is 27.5. The van der Waals surface area contributed by atoms with E-state index in [1.807, 2.05) is 59.9 Å². The van der Waals surface area contributed by atoms with Gasteiger partial charge in [0, 0.05) is 31.6 Å². The molecule has 0 amide bonds. The van der Waals surface area contributed by atoms with Gasteiger partial charge in [0.15, 0.2) is 0 Å². The first kappa shape index (κ1) is 37.7. The van der Waals surface area contributed by atoms with Crippen molar-refractivity contribution in [1.29, 1.82) is 0 Å². The van der Waals surface area contributed by atoms with Crippen LogP contribution in [0.1, 0.15) is 64.0 Å². The fourth-order valence-electron chi connectivity index (χ4n) is 5.89. The van der Waals surface area contributed by atoms with Gasteiger partial charge in [-0.25, -0.2) is 0 Å². The minimum Gasteiger partial charge on any atom is -0.390 e. The van der Waals surface area contributed by atoms with Gasteiger partial charge in [0.2, 0.25) is 0 Å². The monoisotopic (exact) mass is 659 g/mol. The Bertz CT molecular complexity index is 1100. The molecule has 6 atom stereocenters. The van der Waals surface area contributed by atoms with Crippen molar-refractivity contribution in [2.24, 2.45) is 22.9 Å². The molecule has 3 rings (SSSR count). The summed E-state index contributed by atoms with van der Waals surface area (Å²) in [5.74, 6) is 2.98. The maximum atomic E-state index is 12.0. The SMILES string of the molecule is COCO[C@@H]([C@H](O)CC1([C@@H](C)C[C@@H](C)CN=[N+]=[N-])SCCCS1)[C@@H](C[C@H](C)CCOCc1ccccc1)OCc1ccccc1. The molecule has 0 unspecified atom stereocenters. The quantitative estimate of drug-likeness (QED) is 0.0444. The first-order valence-electron chi connectivity index (χ1n) is 16.2. The van der Waals surface area contributed by atoms with Crippen LogP contribution in [0.25, 0.3) is 10.4 Å². The van der Waals surface area contributed by atoms with Gasteiger partial charge in [0.25, 0.3) is 0 Å². The van der Waals surface area contributed by atoms with Crippen LogP contribution in [0.2, 0.25) is 0 Å². The number of hydrogen-bond acceptors (Lipinski definition) is 8. The molecule has 0 spiro atoms. The first-order chi connectivity index (χ1) is 21.9. The van der Waals surface area contributed by atoms with E-state index < -0.39 is 12.2 Å². The van der Waals surface area contributed by atoms with Crippen LogP contribution in [0.5, 0.6) is 0 Å². The third kappa shape index (κ3) is 13.5. The molecule has 1 aliphatic heterocycles. The molecule has 8 nitrogen and oxygen atoms in total. The van der Waals surface area contributed by atoms with Crippen molar-refractivity contribution in [3.63, 3.8) is 0 Å². The third-order valence-corrected chi connectivity index (χ3v) is 12.2. The van der Waals surface area contributed by atoms with Crippen molar-refractivity contribution in [3.8, 4) is 0 Å². The van der Waals surface area contributed by atoms with Crippen molar-refractivity contribution in [2.45, 2.75) is 88.5 Å². The van der Waals surface area contributed by atoms with Crippen LogP contribution < -0.4 is 0 Å². The molecule has 0 saturated carbocycles. The highest BCUT2D eigenvalue weighted by Crippen LogP contribution is 2.52. The standard InChI is InChI=1S/C35H53N3O5S2/c1-27(16-17-41-24-30-12-7-5-8-13-30)21-33(42-25-31-14-9-6-10-15-31)34(43-26-40-4)32(39)22-35(44-18-11-19-45-35)29(3)20-28(2)23-37-38-36/h5-10,12-15,27-29,32-34,39H,11,16-26H2,1-4H3/t27-,28-,29+,32-,33-,34+/m1/s1. The van der Waals surface area contributed by atoms with E-state index in [4.69, 9.17) is 24.5 Å². The van der Waals surface area contributed by atoms with E-state index in [1.54, 1.807) is 7.11 Å². The molecule has 1 aliphatic rings. The largest absolute Gasteiger partial charge is 0.390 e. The van der Waals surface area contributed by atoms with E-state index in [-0.39, 0.29) is 28.8 Å². The summed E-state index contributed by atoms with van der Waals surface area (Å²) in [7, 11) is 1.61. The predicted molar refractivity (Wildman–Crippen MR) is 186 cm³/mol. The lowest BCUT2D eigenvalue weighted by Gasteiger charge is -2.44. The summed E-state index contributed by atoms with van der Waals surface area (Å²) in [6, 6.07) is 20.4. The highest BCUT2D eigenvalue weighted by Gasteiger charge is 2.44. The van der Waals surface area contributed by atoms with E-state index >= 15 is 0 Å². The lowest BCUT2D eigenvalue weighted by atomic mass is 9.88. The zero-order chi connectivity index (χ0) is 32.3. The number of ether oxygens (including phenoxy) is 4. The highest BCUT2D eigenvalue weighted by atomic mass is 32.2. The lowest BCUT2D eigenvalue weighted by Crippen LogP contribution is -2.47. The molecule has 0 radical (unpaired) electrons. The van der Waals surface area contributed by atoms with Crippen LogP contribution in [0.15, 0.2) is 65.8 Å². The van der Waals surface area contributed by atoms with Crippen LogP contribution in [-0.4, -0.2) is 66.1 Å². The summed E-state index contributed by atoms with van der Waals surface area (Å²) in [6.45, 7) is 8.86. The molecule has 2 aromatic rings. The Hall–Kier alpha value is -1.75. The molecule has 0 aromatic heterocycles. The Labute approximate surface area is 279 Å². The van der Waals surface area contributed by atoms with E-state index in [0.29, 0.717) is 38.7 Å². The van der Waals surface area contributed by atoms with Gasteiger partial charge < -0.3 is 24.1 Å². The van der Waals surface area contributed by atoms with Crippen LogP contribution in [0.3, 0.4) is 0 Å². The van der Waals surface area contributed by atoms with Gasteiger partial charge in [-0.2, -0.15) is 0 Å². The normalized spacial score (nSPS) is 18.7. The molecule has 45 heavy (non-hydrogen) atoms. The van der Waals surface area contributed by atoms with Crippen LogP contribution in [0, 0.1) is 17.8 Å². The Morgan fingerprint density at radius 2 is 1.56 bits per heavy atom. The molecule has 1 heterocycles. The summed E-state index contributed by atoms with van der Waals surface area (Å²) >= 11 is 3.91. The molecule has 1 N–H and O–H groups in total. The van der Waals surface area contributed by atoms with Crippen molar-refractivity contribution in [3.05, 3.63) is 82.2 Å². The summed E-state index contributed by atoms with van der Waals surface area (Å²) in [6.07, 6.45) is 2.60. The fraction of sp³-hybridized carbons (Fsp3) is 0.657. The molecular formula is C35H53N3O5S2. The molecule has 10 heteroatoms. The fourth-order valence-corrected chi connectivity index (χ4v) is 9.51. The average Bonchev–Trinajstić information content (AvgIpc) is 3.06. The Morgan fingerprint density at radius 3 is 2.18 bits per heavy atom. The van der Waals surface area contributed by atoms with Crippen LogP contribution in [0.4, 0.5) is 0 Å². The number of azide groups is 1. The number of nitrogens with zero attached hydrogens (tertiary/aromatic N) is 3. The second kappa shape index (κ2) is 21.2.